The van der Waals surface area contributed by atoms with Crippen molar-refractivity contribution in [2.45, 2.75) is 59.4 Å². The molecule has 1 aliphatic rings. The van der Waals surface area contributed by atoms with Crippen LogP contribution in [0.15, 0.2) is 0 Å². The lowest BCUT2D eigenvalue weighted by Gasteiger charge is -2.33. The van der Waals surface area contributed by atoms with Crippen LogP contribution in [-0.2, 0) is 0 Å². The fourth-order valence-electron chi connectivity index (χ4n) is 2.99. The van der Waals surface area contributed by atoms with Gasteiger partial charge in [-0.15, -0.1) is 0 Å². The molecule has 0 bridgehead atoms. The summed E-state index contributed by atoms with van der Waals surface area (Å²) in [4.78, 5) is 2.68. The summed E-state index contributed by atoms with van der Waals surface area (Å²) in [5, 5.41) is 0. The van der Waals surface area contributed by atoms with E-state index in [1.165, 1.54) is 45.3 Å². The molecule has 0 saturated heterocycles. The highest BCUT2D eigenvalue weighted by atomic mass is 15.1. The Kier molecular flexibility index (Phi) is 6.50. The lowest BCUT2D eigenvalue weighted by molar-refractivity contribution is 0.164. The number of nitrogens with zero attached hydrogens (tertiary/aromatic N) is 1. The van der Waals surface area contributed by atoms with Crippen LogP contribution in [0.5, 0.6) is 0 Å². The zero-order chi connectivity index (χ0) is 12.8. The van der Waals surface area contributed by atoms with Gasteiger partial charge in [-0.2, -0.15) is 0 Å². The Morgan fingerprint density at radius 3 is 1.82 bits per heavy atom. The molecule has 0 aliphatic heterocycles. The summed E-state index contributed by atoms with van der Waals surface area (Å²) in [6.07, 6.45) is 5.16. The molecule has 1 rings (SSSR count). The van der Waals surface area contributed by atoms with E-state index in [0.717, 1.165) is 17.8 Å². The summed E-state index contributed by atoms with van der Waals surface area (Å²) in [6.45, 7) is 13.1. The molecule has 0 aromatic heterocycles. The molecular formula is C15H32N2. The molecule has 0 radical (unpaired) electrons. The average molecular weight is 240 g/mol. The molecule has 17 heavy (non-hydrogen) atoms. The molecular weight excluding hydrogens is 208 g/mol. The molecule has 2 nitrogen and oxygen atoms in total. The summed E-state index contributed by atoms with van der Waals surface area (Å²) in [5.41, 5.74) is 5.98. The van der Waals surface area contributed by atoms with Crippen LogP contribution in [0.3, 0.4) is 0 Å². The Morgan fingerprint density at radius 1 is 0.941 bits per heavy atom. The molecule has 1 fully saturated rings. The highest BCUT2D eigenvalue weighted by Crippen LogP contribution is 2.24. The van der Waals surface area contributed by atoms with Crippen molar-refractivity contribution in [3.8, 4) is 0 Å². The van der Waals surface area contributed by atoms with Crippen molar-refractivity contribution in [2.24, 2.45) is 23.5 Å². The van der Waals surface area contributed by atoms with Gasteiger partial charge in [0.05, 0.1) is 0 Å². The molecule has 2 heteroatoms. The molecule has 0 amide bonds. The van der Waals surface area contributed by atoms with Gasteiger partial charge in [0.2, 0.25) is 0 Å². The van der Waals surface area contributed by atoms with Crippen molar-refractivity contribution in [1.29, 1.82) is 0 Å². The van der Waals surface area contributed by atoms with Gasteiger partial charge in [-0.25, -0.2) is 0 Å². The molecule has 102 valence electrons. The molecule has 1 aliphatic carbocycles. The minimum atomic E-state index is 0.481. The van der Waals surface area contributed by atoms with Crippen LogP contribution in [-0.4, -0.2) is 30.6 Å². The predicted molar refractivity (Wildman–Crippen MR) is 76.0 cm³/mol. The molecule has 2 N–H and O–H groups in total. The van der Waals surface area contributed by atoms with Crippen molar-refractivity contribution in [2.75, 3.05) is 19.6 Å². The van der Waals surface area contributed by atoms with Crippen LogP contribution in [0.25, 0.3) is 0 Å². The SMILES string of the molecule is CC(C)CN(CC(C)C)CC1CCC(N)CC1. The standard InChI is InChI=1S/C15H32N2/c1-12(2)9-17(10-13(3)4)11-14-5-7-15(16)8-6-14/h12-15H,5-11,16H2,1-4H3. The number of nitrogens with two attached hydrogens (primary N) is 1. The van der Waals surface area contributed by atoms with Crippen LogP contribution in [0, 0.1) is 17.8 Å². The van der Waals surface area contributed by atoms with E-state index in [4.69, 9.17) is 5.73 Å². The quantitative estimate of drug-likeness (QED) is 0.773. The Hall–Kier alpha value is -0.0800. The van der Waals surface area contributed by atoms with Crippen LogP contribution >= 0.6 is 0 Å². The van der Waals surface area contributed by atoms with Gasteiger partial charge in [0.25, 0.3) is 0 Å². The third kappa shape index (κ3) is 6.42. The smallest absolute Gasteiger partial charge is 0.00390 e. The van der Waals surface area contributed by atoms with E-state index < -0.39 is 0 Å². The molecule has 0 aromatic carbocycles. The highest BCUT2D eigenvalue weighted by molar-refractivity contribution is 4.77. The van der Waals surface area contributed by atoms with Gasteiger partial charge in [-0.1, -0.05) is 27.7 Å². The number of hydrogen-bond acceptors (Lipinski definition) is 2. The van der Waals surface area contributed by atoms with Gasteiger partial charge in [0, 0.05) is 25.7 Å². The molecule has 0 spiro atoms. The topological polar surface area (TPSA) is 29.3 Å². The monoisotopic (exact) mass is 240 g/mol. The van der Waals surface area contributed by atoms with Gasteiger partial charge in [0.15, 0.2) is 0 Å². The third-order valence-electron chi connectivity index (χ3n) is 3.65. The zero-order valence-corrected chi connectivity index (χ0v) is 12.3. The van der Waals surface area contributed by atoms with E-state index >= 15 is 0 Å². The minimum absolute atomic E-state index is 0.481. The molecule has 0 heterocycles. The first kappa shape index (κ1) is 15.0. The second-order valence-corrected chi connectivity index (χ2v) is 6.79. The number of rotatable bonds is 6. The summed E-state index contributed by atoms with van der Waals surface area (Å²) in [5.74, 6) is 2.45. The van der Waals surface area contributed by atoms with Crippen molar-refractivity contribution in [3.05, 3.63) is 0 Å². The van der Waals surface area contributed by atoms with Crippen molar-refractivity contribution in [1.82, 2.24) is 4.90 Å². The summed E-state index contributed by atoms with van der Waals surface area (Å²) >= 11 is 0. The minimum Gasteiger partial charge on any atom is -0.328 e. The highest BCUT2D eigenvalue weighted by Gasteiger charge is 2.21. The first-order chi connectivity index (χ1) is 7.97. The lowest BCUT2D eigenvalue weighted by Crippen LogP contribution is -2.38. The third-order valence-corrected chi connectivity index (χ3v) is 3.65. The average Bonchev–Trinajstić information content (AvgIpc) is 2.19. The van der Waals surface area contributed by atoms with Crippen molar-refractivity contribution < 1.29 is 0 Å². The van der Waals surface area contributed by atoms with Crippen molar-refractivity contribution in [3.63, 3.8) is 0 Å². The normalized spacial score (nSPS) is 26.1. The summed E-state index contributed by atoms with van der Waals surface area (Å²) < 4.78 is 0. The second kappa shape index (κ2) is 7.38. The van der Waals surface area contributed by atoms with Gasteiger partial charge < -0.3 is 10.6 Å². The maximum absolute atomic E-state index is 5.98. The maximum atomic E-state index is 5.98. The van der Waals surface area contributed by atoms with E-state index in [1.54, 1.807) is 0 Å². The van der Waals surface area contributed by atoms with E-state index in [0.29, 0.717) is 6.04 Å². The van der Waals surface area contributed by atoms with E-state index in [9.17, 15) is 0 Å². The summed E-state index contributed by atoms with van der Waals surface area (Å²) in [6, 6.07) is 0.481. The van der Waals surface area contributed by atoms with E-state index in [2.05, 4.69) is 32.6 Å². The van der Waals surface area contributed by atoms with Crippen LogP contribution in [0.4, 0.5) is 0 Å². The van der Waals surface area contributed by atoms with Gasteiger partial charge in [-0.05, 0) is 43.4 Å². The predicted octanol–water partition coefficient (Wildman–Crippen LogP) is 3.12. The largest absolute Gasteiger partial charge is 0.328 e. The lowest BCUT2D eigenvalue weighted by atomic mass is 9.86. The van der Waals surface area contributed by atoms with Crippen LogP contribution in [0.1, 0.15) is 53.4 Å². The first-order valence-corrected chi connectivity index (χ1v) is 7.45. The first-order valence-electron chi connectivity index (χ1n) is 7.45. The Labute approximate surface area is 108 Å². The van der Waals surface area contributed by atoms with Crippen molar-refractivity contribution >= 4 is 0 Å². The number of hydrogen-bond donors (Lipinski definition) is 1. The van der Waals surface area contributed by atoms with Gasteiger partial charge >= 0.3 is 0 Å². The fraction of sp³-hybridized carbons (Fsp3) is 1.00. The van der Waals surface area contributed by atoms with Crippen LogP contribution in [0.2, 0.25) is 0 Å². The fourth-order valence-corrected chi connectivity index (χ4v) is 2.99. The molecule has 0 atom stereocenters. The van der Waals surface area contributed by atoms with E-state index in [1.807, 2.05) is 0 Å². The zero-order valence-electron chi connectivity index (χ0n) is 12.3. The maximum Gasteiger partial charge on any atom is 0.00390 e. The Balaban J connectivity index is 2.36. The summed E-state index contributed by atoms with van der Waals surface area (Å²) in [7, 11) is 0. The second-order valence-electron chi connectivity index (χ2n) is 6.79. The van der Waals surface area contributed by atoms with Gasteiger partial charge in [-0.3, -0.25) is 0 Å². The van der Waals surface area contributed by atoms with Crippen LogP contribution < -0.4 is 5.73 Å². The molecule has 0 unspecified atom stereocenters. The van der Waals surface area contributed by atoms with E-state index in [-0.39, 0.29) is 0 Å². The molecule has 0 aromatic rings. The Morgan fingerprint density at radius 2 is 1.41 bits per heavy atom. The molecule has 1 saturated carbocycles. The van der Waals surface area contributed by atoms with Gasteiger partial charge in [0.1, 0.15) is 0 Å². The Bertz CT molecular complexity index is 183.